The molecule has 0 aliphatic carbocycles. The Labute approximate surface area is 392 Å². The topological polar surface area (TPSA) is 293 Å². The van der Waals surface area contributed by atoms with E-state index in [4.69, 9.17) is 30.8 Å². The molecule has 7 N–H and O–H groups in total. The number of nitrogens with zero attached hydrogens (tertiary/aromatic N) is 7. The summed E-state index contributed by atoms with van der Waals surface area (Å²) >= 11 is 4.26. The number of amides is 1. The average Bonchev–Trinajstić information content (AvgIpc) is 3.91. The first kappa shape index (κ1) is 53.2. The van der Waals surface area contributed by atoms with Crippen molar-refractivity contribution in [2.45, 2.75) is 99.0 Å². The molecule has 0 radical (unpaired) electrons. The Balaban J connectivity index is 0.000000452. The number of fused-ring (bicyclic) bond motifs is 8. The standard InChI is InChI=1S/C34H36N4O6.C12H18N4O2S.Co.H2O/c1-7-19-15(3)23-12-25-17(5)21(9-10-29(39)40)32(37-25)22(11-30(41)42)33-31(34(43)44)18(6)26(38-33)14-28-20(8-2)16(4)24(36-28)13-27(19)35-23;1-8(11(19)3-4-17)16(7-18)6-10-5-14-9(2)15-12(10)13;;/h7,12-14,17,21H,1,8-11H2,2-6H3,(H5,35,36,37,38,39,40,41,42,43,44);5,7,17,19H,3-4,6H2,1-2H3,(H2,13,14,15);;1H2/q;;+3;/p-3/b;11-8-;;/t17-,21-;;;/m0.../s1. The molecule has 0 saturated heterocycles. The number of thiol groups is 1. The van der Waals surface area contributed by atoms with E-state index in [1.54, 1.807) is 39.1 Å². The number of hydrogen-bond acceptors (Lipinski definition) is 12. The van der Waals surface area contributed by atoms with Crippen LogP contribution >= 0.6 is 12.6 Å². The van der Waals surface area contributed by atoms with E-state index >= 15 is 0 Å². The molecule has 1 amide bonds. The maximum Gasteiger partial charge on any atom is 3.00 e. The molecule has 17 nitrogen and oxygen atoms in total. The maximum atomic E-state index is 12.7. The molecule has 0 fully saturated rings. The van der Waals surface area contributed by atoms with Crippen LogP contribution in [0, 0.1) is 20.8 Å². The third-order valence-corrected chi connectivity index (χ3v) is 12.0. The second kappa shape index (κ2) is 22.7. The number of carbonyl (C=O) groups excluding carboxylic acids is 2. The molecule has 4 aromatic heterocycles. The van der Waals surface area contributed by atoms with Crippen molar-refractivity contribution in [1.82, 2.24) is 34.8 Å². The number of aliphatic hydroxyl groups is 1. The minimum atomic E-state index is -1.25. The first-order chi connectivity index (χ1) is 29.8. The average molecular weight is 953 g/mol. The number of carbonyl (C=O) groups is 4. The van der Waals surface area contributed by atoms with Crippen molar-refractivity contribution >= 4 is 82.1 Å². The van der Waals surface area contributed by atoms with E-state index in [0.29, 0.717) is 86.3 Å². The van der Waals surface area contributed by atoms with Crippen LogP contribution in [0.3, 0.4) is 0 Å². The number of carboxylic acid groups (broad SMARTS) is 3. The number of allylic oxidation sites excluding steroid dienone is 2. The Hall–Kier alpha value is -6.12. The number of rotatable bonds is 14. The van der Waals surface area contributed by atoms with Crippen LogP contribution in [0.25, 0.3) is 39.3 Å². The van der Waals surface area contributed by atoms with Gasteiger partial charge in [0.25, 0.3) is 0 Å². The van der Waals surface area contributed by atoms with Gasteiger partial charge in [-0.15, -0.1) is 34.7 Å². The summed E-state index contributed by atoms with van der Waals surface area (Å²) in [6.45, 7) is 17.2. The molecule has 0 spiro atoms. The summed E-state index contributed by atoms with van der Waals surface area (Å²) < 4.78 is 0. The van der Waals surface area contributed by atoms with Crippen molar-refractivity contribution in [2.24, 2.45) is 0 Å². The third-order valence-electron chi connectivity index (χ3n) is 11.5. The minimum Gasteiger partial charge on any atom is -0.657 e. The molecule has 2 aliphatic heterocycles. The van der Waals surface area contributed by atoms with Gasteiger partial charge < -0.3 is 51.3 Å². The molecule has 346 valence electrons. The minimum absolute atomic E-state index is 0. The number of aliphatic carboxylic acids is 3. The van der Waals surface area contributed by atoms with Crippen LogP contribution in [-0.4, -0.2) is 76.6 Å². The zero-order chi connectivity index (χ0) is 46.4. The zero-order valence-electron chi connectivity index (χ0n) is 37.1. The summed E-state index contributed by atoms with van der Waals surface area (Å²) in [5, 5.41) is 40.7. The summed E-state index contributed by atoms with van der Waals surface area (Å²) in [5.74, 6) is -3.61. The third kappa shape index (κ3) is 11.6. The van der Waals surface area contributed by atoms with E-state index in [0.717, 1.165) is 27.8 Å². The molecular weight excluding hydrogens is 900 g/mol. The fourth-order valence-corrected chi connectivity index (χ4v) is 8.09. The monoisotopic (exact) mass is 952 g/mol. The molecule has 0 saturated carbocycles. The van der Waals surface area contributed by atoms with E-state index in [-0.39, 0.29) is 71.0 Å². The van der Waals surface area contributed by atoms with Gasteiger partial charge in [0.15, 0.2) is 0 Å². The van der Waals surface area contributed by atoms with Gasteiger partial charge in [0, 0.05) is 64.5 Å². The predicted octanol–water partition coefficient (Wildman–Crippen LogP) is 4.50. The van der Waals surface area contributed by atoms with E-state index in [1.807, 2.05) is 39.8 Å². The van der Waals surface area contributed by atoms with Gasteiger partial charge in [0.05, 0.1) is 35.6 Å². The van der Waals surface area contributed by atoms with Gasteiger partial charge in [0.1, 0.15) is 11.6 Å². The molecule has 6 heterocycles. The molecule has 2 atom stereocenters. The van der Waals surface area contributed by atoms with Crippen molar-refractivity contribution in [1.29, 1.82) is 0 Å². The number of nitrogen functional groups attached to an aromatic ring is 1. The van der Waals surface area contributed by atoms with Crippen molar-refractivity contribution in [3.63, 3.8) is 0 Å². The summed E-state index contributed by atoms with van der Waals surface area (Å²) in [6, 6.07) is 5.47. The maximum absolute atomic E-state index is 12.7. The number of anilines is 1. The Bertz CT molecular complexity index is 2740. The van der Waals surface area contributed by atoms with Crippen LogP contribution in [0.15, 0.2) is 41.6 Å². The number of aromatic nitrogens is 6. The van der Waals surface area contributed by atoms with Crippen LogP contribution in [0.2, 0.25) is 0 Å². The van der Waals surface area contributed by atoms with Crippen LogP contribution in [0.1, 0.15) is 121 Å². The Morgan fingerprint density at radius 2 is 1.65 bits per heavy atom. The predicted molar refractivity (Wildman–Crippen MR) is 245 cm³/mol. The Morgan fingerprint density at radius 3 is 2.22 bits per heavy atom. The largest absolute Gasteiger partial charge is 3.00 e. The van der Waals surface area contributed by atoms with Crippen molar-refractivity contribution in [2.75, 3.05) is 12.3 Å². The number of carboxylic acids is 3. The van der Waals surface area contributed by atoms with Crippen LogP contribution < -0.4 is 20.8 Å². The SMILES string of the molecule is C/C(=C(/S)CCO)N(C=O)Cc1cnc(C)nc1N.C=Cc1c(C)c2cc3nc(c(CC(=O)O)c4nc(cc5[n-]c(cc1[n-]2)c(C)c5CC)C(C)=C4C(=O)O)[C@@H](CCC(=O)[O-])[C@@H]3C.O.[Co+3]. The summed E-state index contributed by atoms with van der Waals surface area (Å²) in [6.07, 6.45) is 4.40. The van der Waals surface area contributed by atoms with Gasteiger partial charge in [-0.05, 0) is 65.0 Å². The second-order valence-electron chi connectivity index (χ2n) is 15.4. The molecule has 19 heteroatoms. The van der Waals surface area contributed by atoms with Crippen LogP contribution in [0.4, 0.5) is 5.82 Å². The first-order valence-electron chi connectivity index (χ1n) is 20.3. The normalized spacial score (nSPS) is 14.5. The number of hydrogen-bond donors (Lipinski definition) is 5. The van der Waals surface area contributed by atoms with Gasteiger partial charge in [0.2, 0.25) is 6.41 Å². The fraction of sp³-hybridized carbons (Fsp3) is 0.348. The smallest absolute Gasteiger partial charge is 0.657 e. The number of nitrogens with two attached hydrogens (primary N) is 1. The van der Waals surface area contributed by atoms with E-state index in [1.165, 1.54) is 4.90 Å². The molecule has 4 aromatic rings. The number of aryl methyl sites for hydroxylation is 4. The van der Waals surface area contributed by atoms with Crippen molar-refractivity contribution in [3.05, 3.63) is 104 Å². The van der Waals surface area contributed by atoms with Crippen molar-refractivity contribution in [3.8, 4) is 0 Å². The molecule has 0 aromatic carbocycles. The van der Waals surface area contributed by atoms with E-state index < -0.39 is 30.2 Å². The summed E-state index contributed by atoms with van der Waals surface area (Å²) in [5.41, 5.74) is 15.1. The van der Waals surface area contributed by atoms with E-state index in [2.05, 4.69) is 29.2 Å². The molecule has 65 heavy (non-hydrogen) atoms. The number of aliphatic hydroxyl groups excluding tert-OH is 1. The summed E-state index contributed by atoms with van der Waals surface area (Å²) in [7, 11) is 0. The van der Waals surface area contributed by atoms with Gasteiger partial charge in [-0.1, -0.05) is 61.4 Å². The van der Waals surface area contributed by atoms with Crippen molar-refractivity contribution < 1.29 is 61.9 Å². The van der Waals surface area contributed by atoms with Crippen LogP contribution in [-0.2, 0) is 55.3 Å². The molecule has 0 unspecified atom stereocenters. The zero-order valence-corrected chi connectivity index (χ0v) is 39.1. The Kier molecular flexibility index (Phi) is 18.6. The molecule has 8 bridgehead atoms. The molecule has 2 aliphatic rings. The van der Waals surface area contributed by atoms with Gasteiger partial charge >= 0.3 is 28.7 Å². The Morgan fingerprint density at radius 1 is 0.985 bits per heavy atom. The van der Waals surface area contributed by atoms with Gasteiger partial charge in [-0.3, -0.25) is 14.6 Å². The fourth-order valence-electron chi connectivity index (χ4n) is 7.87. The van der Waals surface area contributed by atoms with Crippen LogP contribution in [0.5, 0.6) is 0 Å². The first-order valence-corrected chi connectivity index (χ1v) is 20.7. The summed E-state index contributed by atoms with van der Waals surface area (Å²) in [4.78, 5) is 77.2. The second-order valence-corrected chi connectivity index (χ2v) is 15.9. The quantitative estimate of drug-likeness (QED) is 0.0859. The van der Waals surface area contributed by atoms with E-state index in [9.17, 15) is 34.5 Å². The molecular formula is C46H53CoN8O9S. The van der Waals surface area contributed by atoms with Gasteiger partial charge in [-0.2, -0.15) is 0 Å². The van der Waals surface area contributed by atoms with Gasteiger partial charge in [-0.25, -0.2) is 19.7 Å². The molecule has 6 rings (SSSR count).